The van der Waals surface area contributed by atoms with Crippen LogP contribution in [0.2, 0.25) is 0 Å². The van der Waals surface area contributed by atoms with Crippen LogP contribution in [0.15, 0.2) is 79.0 Å². The molecule has 0 saturated carbocycles. The number of benzene rings is 4. The van der Waals surface area contributed by atoms with Crippen LogP contribution in [0.4, 0.5) is 0 Å². The van der Waals surface area contributed by atoms with Gasteiger partial charge < -0.3 is 14.0 Å². The van der Waals surface area contributed by atoms with E-state index in [1.165, 1.54) is 11.1 Å². The third-order valence-electron chi connectivity index (χ3n) is 9.41. The average molecular weight is 781 g/mol. The van der Waals surface area contributed by atoms with Crippen molar-refractivity contribution in [3.05, 3.63) is 125 Å². The smallest absolute Gasteiger partial charge is 0.509 e. The van der Waals surface area contributed by atoms with Crippen LogP contribution < -0.4 is 9.47 Å². The van der Waals surface area contributed by atoms with E-state index in [0.29, 0.717) is 11.5 Å². The second-order valence-electron chi connectivity index (χ2n) is 15.8. The molecule has 0 aliphatic heterocycles. The number of rotatable bonds is 6. The standard InChI is InChI=1S/C45H46N4O2.Pd/c1-27-18-19-46-39(22-27)48-37-15-13-12-14-35(37)36-17-16-32(26-38(36)48)51-34-21-28(2)20-31(25-34)49-43(45(8,9)10)41(42(47-49)44(5,6)7)40-29(3)23-33(50-11)24-30(40)4;/h12-24H,1-11H3;/q-2;+2. The fraction of sp³-hybridized carbons (Fsp3) is 0.289. The van der Waals surface area contributed by atoms with E-state index in [4.69, 9.17) is 19.6 Å². The molecule has 0 aliphatic rings. The van der Waals surface area contributed by atoms with Crippen LogP contribution in [0.1, 0.15) is 75.2 Å². The summed E-state index contributed by atoms with van der Waals surface area (Å²) in [5.74, 6) is 2.90. The van der Waals surface area contributed by atoms with E-state index >= 15 is 0 Å². The van der Waals surface area contributed by atoms with Gasteiger partial charge in [0.25, 0.3) is 0 Å². The van der Waals surface area contributed by atoms with Crippen molar-refractivity contribution in [3.63, 3.8) is 0 Å². The quantitative estimate of drug-likeness (QED) is 0.125. The number of para-hydroxylation sites is 1. The Kier molecular flexibility index (Phi) is 9.76. The van der Waals surface area contributed by atoms with Crippen molar-refractivity contribution in [2.75, 3.05) is 7.11 Å². The minimum atomic E-state index is -0.251. The number of fused-ring (bicyclic) bond motifs is 3. The van der Waals surface area contributed by atoms with Crippen LogP contribution in [0.3, 0.4) is 0 Å². The van der Waals surface area contributed by atoms with Gasteiger partial charge in [-0.3, -0.25) is 4.68 Å². The first kappa shape index (κ1) is 37.1. The van der Waals surface area contributed by atoms with Crippen molar-refractivity contribution in [1.82, 2.24) is 19.3 Å². The molecule has 3 heterocycles. The number of pyridine rings is 1. The summed E-state index contributed by atoms with van der Waals surface area (Å²) in [7, 11) is 1.72. The van der Waals surface area contributed by atoms with Crippen molar-refractivity contribution in [3.8, 4) is 39.9 Å². The maximum Gasteiger partial charge on any atom is 2.00 e. The van der Waals surface area contributed by atoms with E-state index in [1.54, 1.807) is 7.11 Å². The van der Waals surface area contributed by atoms with E-state index in [2.05, 4.69) is 145 Å². The molecule has 268 valence electrons. The number of hydrogen-bond donors (Lipinski definition) is 0. The van der Waals surface area contributed by atoms with Crippen LogP contribution in [-0.2, 0) is 31.3 Å². The fourth-order valence-corrected chi connectivity index (χ4v) is 7.25. The zero-order valence-electron chi connectivity index (χ0n) is 31.9. The molecular weight excluding hydrogens is 735 g/mol. The van der Waals surface area contributed by atoms with Crippen LogP contribution in [0.25, 0.3) is 44.4 Å². The molecule has 0 aliphatic carbocycles. The van der Waals surface area contributed by atoms with E-state index in [9.17, 15) is 0 Å². The molecule has 0 saturated heterocycles. The summed E-state index contributed by atoms with van der Waals surface area (Å²) in [5, 5.41) is 7.64. The molecule has 4 aromatic carbocycles. The molecule has 0 N–H and O–H groups in total. The first-order valence-electron chi connectivity index (χ1n) is 17.5. The van der Waals surface area contributed by atoms with Crippen LogP contribution in [0, 0.1) is 39.8 Å². The molecule has 0 radical (unpaired) electrons. The molecule has 3 aromatic heterocycles. The summed E-state index contributed by atoms with van der Waals surface area (Å²) in [6.07, 6.45) is 1.85. The Labute approximate surface area is 321 Å². The number of nitrogens with zero attached hydrogens (tertiary/aromatic N) is 4. The Bertz CT molecular complexity index is 2430. The number of hydrogen-bond acceptors (Lipinski definition) is 4. The molecule has 0 fully saturated rings. The van der Waals surface area contributed by atoms with Gasteiger partial charge in [0.05, 0.1) is 18.5 Å². The van der Waals surface area contributed by atoms with Crippen LogP contribution in [0.5, 0.6) is 17.2 Å². The first-order valence-corrected chi connectivity index (χ1v) is 17.5. The van der Waals surface area contributed by atoms with Gasteiger partial charge in [0.15, 0.2) is 0 Å². The average Bonchev–Trinajstić information content (AvgIpc) is 3.61. The maximum absolute atomic E-state index is 6.62. The van der Waals surface area contributed by atoms with Crippen molar-refractivity contribution in [2.45, 2.75) is 80.1 Å². The molecule has 0 spiro atoms. The number of aromatic nitrogens is 4. The molecule has 7 heteroatoms. The van der Waals surface area contributed by atoms with Crippen LogP contribution in [-0.4, -0.2) is 26.4 Å². The molecule has 0 atom stereocenters. The molecule has 52 heavy (non-hydrogen) atoms. The minimum Gasteiger partial charge on any atom is -0.509 e. The number of ether oxygens (including phenoxy) is 2. The van der Waals surface area contributed by atoms with Crippen molar-refractivity contribution in [1.29, 1.82) is 0 Å². The summed E-state index contributed by atoms with van der Waals surface area (Å²) in [5.41, 5.74) is 11.4. The van der Waals surface area contributed by atoms with E-state index < -0.39 is 0 Å². The predicted molar refractivity (Wildman–Crippen MR) is 208 cm³/mol. The summed E-state index contributed by atoms with van der Waals surface area (Å²) in [6.45, 7) is 21.9. The molecule has 0 unspecified atom stereocenters. The molecule has 7 aromatic rings. The number of methoxy groups -OCH3 is 1. The zero-order chi connectivity index (χ0) is 36.4. The molecular formula is C45H46N4O2Pd. The monoisotopic (exact) mass is 780 g/mol. The maximum atomic E-state index is 6.62. The Hall–Kier alpha value is -4.70. The molecule has 7 rings (SSSR count). The van der Waals surface area contributed by atoms with Gasteiger partial charge in [-0.1, -0.05) is 72.2 Å². The van der Waals surface area contributed by atoms with Crippen molar-refractivity contribution < 1.29 is 29.9 Å². The van der Waals surface area contributed by atoms with Gasteiger partial charge in [0.1, 0.15) is 11.6 Å². The molecule has 0 bridgehead atoms. The van der Waals surface area contributed by atoms with Gasteiger partial charge in [-0.25, -0.2) is 4.98 Å². The predicted octanol–water partition coefficient (Wildman–Crippen LogP) is 11.3. The van der Waals surface area contributed by atoms with Gasteiger partial charge in [0.2, 0.25) is 0 Å². The Morgan fingerprint density at radius 1 is 0.692 bits per heavy atom. The summed E-state index contributed by atoms with van der Waals surface area (Å²) < 4.78 is 16.5. The summed E-state index contributed by atoms with van der Waals surface area (Å²) in [6, 6.07) is 32.2. The van der Waals surface area contributed by atoms with Gasteiger partial charge in [-0.2, -0.15) is 16.7 Å². The van der Waals surface area contributed by atoms with Gasteiger partial charge in [0, 0.05) is 39.6 Å². The summed E-state index contributed by atoms with van der Waals surface area (Å²) >= 11 is 0. The fourth-order valence-electron chi connectivity index (χ4n) is 7.25. The van der Waals surface area contributed by atoms with Crippen molar-refractivity contribution in [2.24, 2.45) is 0 Å². The SMILES string of the molecule is COc1cc(C)c(-c2c(C(C)(C)C)nn(-c3[c-]c(Oc4[c-]c5c(cc4)c4ccccc4n5-c4cc(C)ccn4)cc(C)c3)c2C(C)(C)C)c(C)c1.[Pd+2]. The van der Waals surface area contributed by atoms with Crippen LogP contribution >= 0.6 is 0 Å². The Balaban J connectivity index is 0.00000464. The van der Waals surface area contributed by atoms with Crippen molar-refractivity contribution >= 4 is 21.8 Å². The van der Waals surface area contributed by atoms with E-state index in [-0.39, 0.29) is 31.3 Å². The Morgan fingerprint density at radius 2 is 1.40 bits per heavy atom. The van der Waals surface area contributed by atoms with E-state index in [0.717, 1.165) is 72.7 Å². The first-order chi connectivity index (χ1) is 24.1. The second-order valence-corrected chi connectivity index (χ2v) is 15.8. The topological polar surface area (TPSA) is 54.1 Å². The zero-order valence-corrected chi connectivity index (χ0v) is 33.5. The normalized spacial score (nSPS) is 12.0. The second kappa shape index (κ2) is 13.7. The third kappa shape index (κ3) is 6.69. The molecule has 6 nitrogen and oxygen atoms in total. The third-order valence-corrected chi connectivity index (χ3v) is 9.41. The van der Waals surface area contributed by atoms with Gasteiger partial charge in [-0.15, -0.1) is 35.7 Å². The molecule has 0 amide bonds. The van der Waals surface area contributed by atoms with Gasteiger partial charge in [-0.05, 0) is 84.4 Å². The van der Waals surface area contributed by atoms with Gasteiger partial charge >= 0.3 is 20.4 Å². The van der Waals surface area contributed by atoms with E-state index in [1.807, 2.05) is 24.4 Å². The summed E-state index contributed by atoms with van der Waals surface area (Å²) in [4.78, 5) is 4.73. The minimum absolute atomic E-state index is 0. The largest absolute Gasteiger partial charge is 2.00 e. The Morgan fingerprint density at radius 3 is 2.06 bits per heavy atom. The number of aryl methyl sites for hydroxylation is 4.